The fourth-order valence-corrected chi connectivity index (χ4v) is 5.82. The van der Waals surface area contributed by atoms with E-state index >= 15 is 0 Å². The summed E-state index contributed by atoms with van der Waals surface area (Å²) >= 11 is 2.75. The average molecular weight is 526 g/mol. The number of nitrogens with zero attached hydrogens (tertiary/aromatic N) is 1. The first-order valence-corrected chi connectivity index (χ1v) is 13.8. The third kappa shape index (κ3) is 6.67. The molecule has 0 aliphatic heterocycles. The van der Waals surface area contributed by atoms with Crippen molar-refractivity contribution in [3.05, 3.63) is 101 Å². The number of thioether (sulfide) groups is 1. The van der Waals surface area contributed by atoms with Gasteiger partial charge >= 0.3 is 0 Å². The van der Waals surface area contributed by atoms with Crippen LogP contribution in [0.2, 0.25) is 0 Å². The molecular formula is C30H27N3O2S2. The van der Waals surface area contributed by atoms with Crippen LogP contribution in [-0.4, -0.2) is 11.8 Å². The van der Waals surface area contributed by atoms with E-state index in [0.29, 0.717) is 22.7 Å². The van der Waals surface area contributed by atoms with E-state index in [4.69, 9.17) is 0 Å². The van der Waals surface area contributed by atoms with Crippen molar-refractivity contribution in [3.8, 4) is 17.2 Å². The number of thiophene rings is 1. The van der Waals surface area contributed by atoms with Gasteiger partial charge in [0, 0.05) is 27.9 Å². The van der Waals surface area contributed by atoms with Gasteiger partial charge in [0.1, 0.15) is 16.3 Å². The van der Waals surface area contributed by atoms with Gasteiger partial charge in [-0.1, -0.05) is 73.2 Å². The summed E-state index contributed by atoms with van der Waals surface area (Å²) in [6.07, 6.45) is 1.23. The topological polar surface area (TPSA) is 82.0 Å². The van der Waals surface area contributed by atoms with Gasteiger partial charge in [0.15, 0.2) is 0 Å². The highest BCUT2D eigenvalue weighted by Gasteiger charge is 2.25. The number of benzene rings is 3. The largest absolute Gasteiger partial charge is 0.326 e. The van der Waals surface area contributed by atoms with Crippen LogP contribution >= 0.6 is 23.1 Å². The number of nitrogens with one attached hydrogen (secondary N) is 2. The van der Waals surface area contributed by atoms with Crippen LogP contribution in [0.3, 0.4) is 0 Å². The third-order valence-corrected chi connectivity index (χ3v) is 7.83. The summed E-state index contributed by atoms with van der Waals surface area (Å²) in [5.74, 6) is -0.251. The van der Waals surface area contributed by atoms with Gasteiger partial charge in [-0.2, -0.15) is 5.26 Å². The van der Waals surface area contributed by atoms with Crippen LogP contribution in [0.15, 0.2) is 89.1 Å². The van der Waals surface area contributed by atoms with Crippen LogP contribution in [0.25, 0.3) is 11.1 Å². The SMILES string of the molecule is CCCC(=O)Nc1cccc(SC(C(=O)Nc2scc(-c3ccc(C)cc3)c2C#N)c2ccccc2)c1. The molecule has 0 spiro atoms. The Morgan fingerprint density at radius 3 is 2.46 bits per heavy atom. The maximum absolute atomic E-state index is 13.6. The van der Waals surface area contributed by atoms with Gasteiger partial charge in [-0.05, 0) is 42.7 Å². The lowest BCUT2D eigenvalue weighted by atomic mass is 10.0. The summed E-state index contributed by atoms with van der Waals surface area (Å²) in [5.41, 5.74) is 4.89. The molecule has 37 heavy (non-hydrogen) atoms. The fourth-order valence-electron chi connectivity index (χ4n) is 3.82. The van der Waals surface area contributed by atoms with Gasteiger partial charge in [-0.15, -0.1) is 23.1 Å². The summed E-state index contributed by atoms with van der Waals surface area (Å²) in [5, 5.41) is 17.7. The van der Waals surface area contributed by atoms with E-state index in [9.17, 15) is 14.9 Å². The molecule has 186 valence electrons. The summed E-state index contributed by atoms with van der Waals surface area (Å²) in [6.45, 7) is 3.98. The fraction of sp³-hybridized carbons (Fsp3) is 0.167. The summed E-state index contributed by atoms with van der Waals surface area (Å²) in [6, 6.07) is 27.3. The maximum Gasteiger partial charge on any atom is 0.243 e. The second kappa shape index (κ2) is 12.4. The molecule has 4 rings (SSSR count). The predicted molar refractivity (Wildman–Crippen MR) is 153 cm³/mol. The maximum atomic E-state index is 13.6. The zero-order valence-corrected chi connectivity index (χ0v) is 22.3. The summed E-state index contributed by atoms with van der Waals surface area (Å²) < 4.78 is 0. The molecule has 4 aromatic rings. The number of hydrogen-bond donors (Lipinski definition) is 2. The lowest BCUT2D eigenvalue weighted by Gasteiger charge is -2.17. The molecule has 1 heterocycles. The second-order valence-electron chi connectivity index (χ2n) is 8.56. The number of aryl methyl sites for hydroxylation is 1. The molecule has 2 amide bonds. The number of anilines is 2. The van der Waals surface area contributed by atoms with Crippen molar-refractivity contribution >= 4 is 45.6 Å². The van der Waals surface area contributed by atoms with Gasteiger partial charge in [0.2, 0.25) is 11.8 Å². The Labute approximate surface area is 225 Å². The van der Waals surface area contributed by atoms with Crippen LogP contribution in [-0.2, 0) is 9.59 Å². The lowest BCUT2D eigenvalue weighted by molar-refractivity contribution is -0.116. The minimum absolute atomic E-state index is 0.0342. The van der Waals surface area contributed by atoms with Crippen LogP contribution < -0.4 is 10.6 Å². The zero-order valence-electron chi connectivity index (χ0n) is 20.7. The van der Waals surface area contributed by atoms with Gasteiger partial charge in [-0.3, -0.25) is 9.59 Å². The molecule has 0 saturated heterocycles. The molecule has 1 atom stereocenters. The molecule has 2 N–H and O–H groups in total. The number of rotatable bonds is 9. The highest BCUT2D eigenvalue weighted by atomic mass is 32.2. The van der Waals surface area contributed by atoms with E-state index in [2.05, 4.69) is 16.7 Å². The molecule has 5 nitrogen and oxygen atoms in total. The van der Waals surface area contributed by atoms with Crippen LogP contribution in [0.5, 0.6) is 0 Å². The van der Waals surface area contributed by atoms with E-state index in [-0.39, 0.29) is 11.8 Å². The number of nitriles is 1. The van der Waals surface area contributed by atoms with E-state index < -0.39 is 5.25 Å². The third-order valence-electron chi connectivity index (χ3n) is 5.69. The first-order chi connectivity index (χ1) is 18.0. The number of carbonyl (C=O) groups excluding carboxylic acids is 2. The predicted octanol–water partition coefficient (Wildman–Crippen LogP) is 7.81. The Morgan fingerprint density at radius 2 is 1.76 bits per heavy atom. The van der Waals surface area contributed by atoms with Gasteiger partial charge in [0.05, 0.1) is 5.56 Å². The Hall–Kier alpha value is -3.86. The minimum atomic E-state index is -0.556. The summed E-state index contributed by atoms with van der Waals surface area (Å²) in [4.78, 5) is 26.5. The van der Waals surface area contributed by atoms with Crippen molar-refractivity contribution in [3.63, 3.8) is 0 Å². The number of hydrogen-bond acceptors (Lipinski definition) is 5. The Bertz CT molecular complexity index is 1420. The van der Waals surface area contributed by atoms with E-state index in [1.807, 2.05) is 98.1 Å². The Morgan fingerprint density at radius 1 is 1.00 bits per heavy atom. The Balaban J connectivity index is 1.59. The van der Waals surface area contributed by atoms with E-state index in [1.54, 1.807) is 0 Å². The van der Waals surface area contributed by atoms with Crippen molar-refractivity contribution in [1.29, 1.82) is 5.26 Å². The molecule has 0 fully saturated rings. The Kier molecular flexibility index (Phi) is 8.78. The van der Waals surface area contributed by atoms with Crippen LogP contribution in [0.1, 0.15) is 41.7 Å². The second-order valence-corrected chi connectivity index (χ2v) is 10.6. The molecule has 0 aliphatic carbocycles. The van der Waals surface area contributed by atoms with Gasteiger partial charge in [-0.25, -0.2) is 0 Å². The monoisotopic (exact) mass is 525 g/mol. The van der Waals surface area contributed by atoms with Crippen molar-refractivity contribution in [2.45, 2.75) is 36.8 Å². The molecule has 1 unspecified atom stereocenters. The molecule has 0 bridgehead atoms. The zero-order chi connectivity index (χ0) is 26.2. The normalized spacial score (nSPS) is 11.4. The summed E-state index contributed by atoms with van der Waals surface area (Å²) in [7, 11) is 0. The van der Waals surface area contributed by atoms with E-state index in [1.165, 1.54) is 23.1 Å². The minimum Gasteiger partial charge on any atom is -0.326 e. The molecule has 0 saturated carbocycles. The first kappa shape index (κ1) is 26.2. The highest BCUT2D eigenvalue weighted by Crippen LogP contribution is 2.40. The van der Waals surface area contributed by atoms with Crippen molar-refractivity contribution in [1.82, 2.24) is 0 Å². The molecular weight excluding hydrogens is 498 g/mol. The lowest BCUT2D eigenvalue weighted by Crippen LogP contribution is -2.19. The molecule has 1 aromatic heterocycles. The number of amides is 2. The van der Waals surface area contributed by atoms with Crippen LogP contribution in [0.4, 0.5) is 10.7 Å². The molecule has 3 aromatic carbocycles. The van der Waals surface area contributed by atoms with Crippen molar-refractivity contribution < 1.29 is 9.59 Å². The standard InChI is InChI=1S/C30H27N3O2S2/c1-3-8-27(34)32-23-11-7-12-24(17-23)37-28(22-9-5-4-6-10-22)29(35)33-30-25(18-31)26(19-36-30)21-15-13-20(2)14-16-21/h4-7,9-17,19,28H,3,8H2,1-2H3,(H,32,34)(H,33,35). The molecule has 0 aliphatic rings. The van der Waals surface area contributed by atoms with Gasteiger partial charge < -0.3 is 10.6 Å². The van der Waals surface area contributed by atoms with E-state index in [0.717, 1.165) is 33.6 Å². The van der Waals surface area contributed by atoms with Crippen molar-refractivity contribution in [2.75, 3.05) is 10.6 Å². The molecule has 0 radical (unpaired) electrons. The quantitative estimate of drug-likeness (QED) is 0.218. The first-order valence-electron chi connectivity index (χ1n) is 12.0. The molecule has 7 heteroatoms. The van der Waals surface area contributed by atoms with Gasteiger partial charge in [0.25, 0.3) is 0 Å². The van der Waals surface area contributed by atoms with Crippen molar-refractivity contribution in [2.24, 2.45) is 0 Å². The smallest absolute Gasteiger partial charge is 0.243 e. The van der Waals surface area contributed by atoms with Crippen LogP contribution in [0, 0.1) is 18.3 Å². The number of carbonyl (C=O) groups is 2. The average Bonchev–Trinajstić information content (AvgIpc) is 3.30. The highest BCUT2D eigenvalue weighted by molar-refractivity contribution is 8.00.